The van der Waals surface area contributed by atoms with Crippen molar-refractivity contribution in [2.24, 2.45) is 0 Å². The molecule has 30 heavy (non-hydrogen) atoms. The van der Waals surface area contributed by atoms with Crippen LogP contribution in [0.25, 0.3) is 0 Å². The van der Waals surface area contributed by atoms with Gasteiger partial charge in [-0.25, -0.2) is 4.79 Å². The van der Waals surface area contributed by atoms with Crippen molar-refractivity contribution in [1.82, 2.24) is 0 Å². The van der Waals surface area contributed by atoms with Crippen LogP contribution >= 0.6 is 0 Å². The number of methoxy groups -OCH3 is 3. The number of benzene rings is 3. The van der Waals surface area contributed by atoms with E-state index in [1.165, 1.54) is 33.5 Å². The number of hydrogen-bond acceptors (Lipinski definition) is 6. The van der Waals surface area contributed by atoms with Crippen LogP contribution in [0.5, 0.6) is 17.2 Å². The first-order valence-electron chi connectivity index (χ1n) is 9.24. The third-order valence-electron chi connectivity index (χ3n) is 4.55. The molecule has 0 bridgehead atoms. The van der Waals surface area contributed by atoms with Crippen molar-refractivity contribution in [3.05, 3.63) is 89.5 Å². The highest BCUT2D eigenvalue weighted by atomic mass is 16.6. The van der Waals surface area contributed by atoms with E-state index in [0.717, 1.165) is 0 Å². The van der Waals surface area contributed by atoms with Crippen molar-refractivity contribution in [3.8, 4) is 17.2 Å². The minimum absolute atomic E-state index is 0.122. The molecule has 0 N–H and O–H groups in total. The topological polar surface area (TPSA) is 71.1 Å². The smallest absolute Gasteiger partial charge is 0.343 e. The summed E-state index contributed by atoms with van der Waals surface area (Å²) in [5.41, 5.74) is 1.13. The largest absolute Gasteiger partial charge is 0.496 e. The van der Waals surface area contributed by atoms with Crippen LogP contribution < -0.4 is 14.2 Å². The van der Waals surface area contributed by atoms with Crippen LogP contribution in [0.2, 0.25) is 0 Å². The van der Waals surface area contributed by atoms with Crippen LogP contribution in [0.1, 0.15) is 32.4 Å². The number of carbonyl (C=O) groups excluding carboxylic acids is 2. The molecule has 6 heteroatoms. The van der Waals surface area contributed by atoms with E-state index in [4.69, 9.17) is 18.9 Å². The third-order valence-corrected chi connectivity index (χ3v) is 4.55. The molecule has 0 aliphatic carbocycles. The molecule has 154 valence electrons. The zero-order valence-corrected chi connectivity index (χ0v) is 17.0. The van der Waals surface area contributed by atoms with Gasteiger partial charge in [-0.05, 0) is 0 Å². The Morgan fingerprint density at radius 2 is 1.23 bits per heavy atom. The van der Waals surface area contributed by atoms with Gasteiger partial charge in [-0.3, -0.25) is 4.79 Å². The van der Waals surface area contributed by atoms with E-state index in [1.807, 2.05) is 12.1 Å². The Kier molecular flexibility index (Phi) is 6.70. The summed E-state index contributed by atoms with van der Waals surface area (Å²) in [7, 11) is 4.38. The molecule has 1 atom stereocenters. The van der Waals surface area contributed by atoms with Gasteiger partial charge in [-0.1, -0.05) is 60.7 Å². The van der Waals surface area contributed by atoms with E-state index in [0.29, 0.717) is 22.6 Å². The van der Waals surface area contributed by atoms with Gasteiger partial charge in [-0.2, -0.15) is 0 Å². The van der Waals surface area contributed by atoms with Gasteiger partial charge in [0.15, 0.2) is 17.6 Å². The maximum atomic E-state index is 13.1. The monoisotopic (exact) mass is 406 g/mol. The summed E-state index contributed by atoms with van der Waals surface area (Å²) < 4.78 is 21.5. The molecule has 0 spiro atoms. The van der Waals surface area contributed by atoms with Crippen molar-refractivity contribution in [2.45, 2.75) is 6.10 Å². The summed E-state index contributed by atoms with van der Waals surface area (Å²) in [6.07, 6.45) is -1.11. The van der Waals surface area contributed by atoms with Crippen LogP contribution in [0, 0.1) is 0 Å². The minimum atomic E-state index is -1.11. The molecule has 0 aliphatic heterocycles. The Morgan fingerprint density at radius 3 is 1.80 bits per heavy atom. The first-order valence-corrected chi connectivity index (χ1v) is 9.24. The molecule has 0 amide bonds. The van der Waals surface area contributed by atoms with E-state index in [1.54, 1.807) is 48.5 Å². The quantitative estimate of drug-likeness (QED) is 0.405. The number of ether oxygens (including phenoxy) is 4. The van der Waals surface area contributed by atoms with Crippen LogP contribution in [0.15, 0.2) is 72.8 Å². The van der Waals surface area contributed by atoms with Crippen LogP contribution in [0.4, 0.5) is 0 Å². The lowest BCUT2D eigenvalue weighted by Crippen LogP contribution is -2.20. The number of rotatable bonds is 8. The molecule has 1 unspecified atom stereocenters. The fourth-order valence-electron chi connectivity index (χ4n) is 3.01. The van der Waals surface area contributed by atoms with Crippen LogP contribution in [-0.2, 0) is 4.74 Å². The normalized spacial score (nSPS) is 11.3. The Morgan fingerprint density at radius 1 is 0.700 bits per heavy atom. The summed E-state index contributed by atoms with van der Waals surface area (Å²) in [5.74, 6) is -0.0427. The molecule has 0 radical (unpaired) electrons. The standard InChI is InChI=1S/C24H22O6/c1-27-19-15-21(29-3)20(28-2)14-18(19)24(26)30-23(17-12-8-5-9-13-17)22(25)16-10-6-4-7-11-16/h4-15,23H,1-3H3. The van der Waals surface area contributed by atoms with Crippen molar-refractivity contribution < 1.29 is 28.5 Å². The summed E-state index contributed by atoms with van der Waals surface area (Å²) in [6.45, 7) is 0. The SMILES string of the molecule is COc1cc(OC)c(C(=O)OC(C(=O)c2ccccc2)c2ccccc2)cc1OC. The first kappa shape index (κ1) is 20.9. The van der Waals surface area contributed by atoms with Crippen molar-refractivity contribution in [2.75, 3.05) is 21.3 Å². The van der Waals surface area contributed by atoms with Gasteiger partial charge in [-0.15, -0.1) is 0 Å². The van der Waals surface area contributed by atoms with E-state index >= 15 is 0 Å². The third kappa shape index (κ3) is 4.43. The molecule has 0 aromatic heterocycles. The zero-order chi connectivity index (χ0) is 21.5. The molecule has 3 aromatic carbocycles. The predicted octanol–water partition coefficient (Wildman–Crippen LogP) is 4.49. The second-order valence-electron chi connectivity index (χ2n) is 6.33. The summed E-state index contributed by atoms with van der Waals surface area (Å²) >= 11 is 0. The number of ketones is 1. The van der Waals surface area contributed by atoms with Gasteiger partial charge >= 0.3 is 5.97 Å². The van der Waals surface area contributed by atoms with E-state index in [-0.39, 0.29) is 17.1 Å². The summed E-state index contributed by atoms with van der Waals surface area (Å²) in [5, 5.41) is 0. The number of hydrogen-bond donors (Lipinski definition) is 0. The van der Waals surface area contributed by atoms with Crippen molar-refractivity contribution >= 4 is 11.8 Å². The van der Waals surface area contributed by atoms with Gasteiger partial charge in [0.1, 0.15) is 11.3 Å². The molecule has 0 aliphatic rings. The average molecular weight is 406 g/mol. The highest BCUT2D eigenvalue weighted by Crippen LogP contribution is 2.36. The molecule has 0 saturated heterocycles. The van der Waals surface area contributed by atoms with Crippen molar-refractivity contribution in [3.63, 3.8) is 0 Å². The highest BCUT2D eigenvalue weighted by Gasteiger charge is 2.28. The van der Waals surface area contributed by atoms with Gasteiger partial charge in [0.05, 0.1) is 21.3 Å². The second kappa shape index (κ2) is 9.60. The van der Waals surface area contributed by atoms with E-state index in [9.17, 15) is 9.59 Å². The average Bonchev–Trinajstić information content (AvgIpc) is 2.82. The number of Topliss-reactive ketones (excluding diaryl/α,β-unsaturated/α-hetero) is 1. The molecular weight excluding hydrogens is 384 g/mol. The summed E-state index contributed by atoms with van der Waals surface area (Å²) in [4.78, 5) is 26.2. The molecule has 0 saturated carbocycles. The van der Waals surface area contributed by atoms with Crippen molar-refractivity contribution in [1.29, 1.82) is 0 Å². The fourth-order valence-corrected chi connectivity index (χ4v) is 3.01. The second-order valence-corrected chi connectivity index (χ2v) is 6.33. The number of carbonyl (C=O) groups is 2. The summed E-state index contributed by atoms with van der Waals surface area (Å²) in [6, 6.07) is 20.6. The lowest BCUT2D eigenvalue weighted by Gasteiger charge is -2.19. The zero-order valence-electron chi connectivity index (χ0n) is 17.0. The van der Waals surface area contributed by atoms with Gasteiger partial charge in [0.25, 0.3) is 0 Å². The van der Waals surface area contributed by atoms with Gasteiger partial charge < -0.3 is 18.9 Å². The van der Waals surface area contributed by atoms with Gasteiger partial charge in [0, 0.05) is 23.3 Å². The molecule has 3 rings (SSSR count). The molecule has 0 heterocycles. The Labute approximate surface area is 175 Å². The molecule has 0 fully saturated rings. The predicted molar refractivity (Wildman–Crippen MR) is 111 cm³/mol. The Hall–Kier alpha value is -3.80. The molecule has 3 aromatic rings. The molecular formula is C24H22O6. The Bertz CT molecular complexity index is 1010. The minimum Gasteiger partial charge on any atom is -0.496 e. The fraction of sp³-hybridized carbons (Fsp3) is 0.167. The Balaban J connectivity index is 1.99. The number of esters is 1. The maximum Gasteiger partial charge on any atom is 0.343 e. The van der Waals surface area contributed by atoms with Crippen LogP contribution in [0.3, 0.4) is 0 Å². The van der Waals surface area contributed by atoms with E-state index < -0.39 is 12.1 Å². The van der Waals surface area contributed by atoms with Crippen LogP contribution in [-0.4, -0.2) is 33.1 Å². The highest BCUT2D eigenvalue weighted by molar-refractivity contribution is 6.02. The van der Waals surface area contributed by atoms with E-state index in [2.05, 4.69) is 0 Å². The molecule has 6 nitrogen and oxygen atoms in total. The lowest BCUT2D eigenvalue weighted by atomic mass is 9.99. The van der Waals surface area contributed by atoms with Gasteiger partial charge in [0.2, 0.25) is 5.78 Å². The first-order chi connectivity index (χ1) is 14.6. The lowest BCUT2D eigenvalue weighted by molar-refractivity contribution is 0.0276. The maximum absolute atomic E-state index is 13.1.